The molecule has 2 fully saturated rings. The smallest absolute Gasteiger partial charge is 0.239 e. The van der Waals surface area contributed by atoms with Gasteiger partial charge in [0.15, 0.2) is 0 Å². The molecule has 0 spiro atoms. The lowest BCUT2D eigenvalue weighted by Gasteiger charge is -2.23. The average molecular weight is 224 g/mol. The molecule has 0 aromatic rings. The summed E-state index contributed by atoms with van der Waals surface area (Å²) in [6.07, 6.45) is 5.32. The molecule has 92 valence electrons. The third-order valence-corrected chi connectivity index (χ3v) is 4.29. The predicted molar refractivity (Wildman–Crippen MR) is 64.8 cm³/mol. The molecule has 1 saturated carbocycles. The van der Waals surface area contributed by atoms with E-state index in [1.54, 1.807) is 0 Å². The molecule has 3 atom stereocenters. The minimum Gasteiger partial charge on any atom is -0.341 e. The lowest BCUT2D eigenvalue weighted by molar-refractivity contribution is -0.132. The molecule has 0 bridgehead atoms. The molecule has 2 N–H and O–H groups in total. The molecule has 1 heterocycles. The highest BCUT2D eigenvalue weighted by Crippen LogP contribution is 2.36. The lowest BCUT2D eigenvalue weighted by Crippen LogP contribution is -2.45. The zero-order valence-corrected chi connectivity index (χ0v) is 10.5. The Morgan fingerprint density at radius 2 is 1.69 bits per heavy atom. The minimum atomic E-state index is -0.305. The van der Waals surface area contributed by atoms with Gasteiger partial charge in [-0.1, -0.05) is 26.7 Å². The van der Waals surface area contributed by atoms with Crippen LogP contribution in [0.25, 0.3) is 0 Å². The Hall–Kier alpha value is -0.570. The van der Waals surface area contributed by atoms with Crippen LogP contribution in [-0.4, -0.2) is 29.9 Å². The molecular formula is C13H24N2O. The van der Waals surface area contributed by atoms with Gasteiger partial charge in [0, 0.05) is 13.1 Å². The minimum absolute atomic E-state index is 0.171. The molecule has 2 aliphatic rings. The molecule has 2 unspecified atom stereocenters. The maximum absolute atomic E-state index is 12.1. The Labute approximate surface area is 98.4 Å². The van der Waals surface area contributed by atoms with Gasteiger partial charge in [0.25, 0.3) is 0 Å². The monoisotopic (exact) mass is 224 g/mol. The van der Waals surface area contributed by atoms with Gasteiger partial charge in [-0.25, -0.2) is 0 Å². The molecule has 1 saturated heterocycles. The Morgan fingerprint density at radius 1 is 1.19 bits per heavy atom. The summed E-state index contributed by atoms with van der Waals surface area (Å²) >= 11 is 0. The third-order valence-electron chi connectivity index (χ3n) is 4.29. The van der Waals surface area contributed by atoms with Crippen LogP contribution in [0.15, 0.2) is 0 Å². The fourth-order valence-electron chi connectivity index (χ4n) is 3.08. The van der Waals surface area contributed by atoms with Crippen LogP contribution in [0.4, 0.5) is 0 Å². The van der Waals surface area contributed by atoms with Crippen molar-refractivity contribution in [1.82, 2.24) is 4.90 Å². The molecule has 1 amide bonds. The molecular weight excluding hydrogens is 200 g/mol. The molecule has 2 rings (SSSR count). The third kappa shape index (κ3) is 2.24. The molecule has 1 aliphatic heterocycles. The second-order valence-corrected chi connectivity index (χ2v) is 5.82. The Morgan fingerprint density at radius 3 is 2.12 bits per heavy atom. The maximum Gasteiger partial charge on any atom is 0.239 e. The molecule has 16 heavy (non-hydrogen) atoms. The largest absolute Gasteiger partial charge is 0.341 e. The van der Waals surface area contributed by atoms with Gasteiger partial charge in [-0.05, 0) is 30.6 Å². The number of nitrogens with zero attached hydrogens (tertiary/aromatic N) is 1. The van der Waals surface area contributed by atoms with Crippen molar-refractivity contribution in [3.63, 3.8) is 0 Å². The first-order valence-electron chi connectivity index (χ1n) is 6.64. The first-order valence-corrected chi connectivity index (χ1v) is 6.64. The van der Waals surface area contributed by atoms with Crippen LogP contribution in [0.3, 0.4) is 0 Å². The number of likely N-dealkylation sites (tertiary alicyclic amines) is 1. The van der Waals surface area contributed by atoms with Gasteiger partial charge in [-0.3, -0.25) is 4.79 Å². The van der Waals surface area contributed by atoms with E-state index in [0.717, 1.165) is 24.9 Å². The molecule has 0 radical (unpaired) electrons. The van der Waals surface area contributed by atoms with Crippen LogP contribution in [-0.2, 0) is 4.79 Å². The van der Waals surface area contributed by atoms with Crippen molar-refractivity contribution in [2.45, 2.75) is 45.6 Å². The fourth-order valence-corrected chi connectivity index (χ4v) is 3.08. The second kappa shape index (κ2) is 4.74. The standard InChI is InChI=1S/C13H24N2O/c1-9(2)12(14)13(16)15-7-10-5-3-4-6-11(10)8-15/h9-12H,3-8,14H2,1-2H3/t10?,11?,12-/m1/s1. The van der Waals surface area contributed by atoms with Crippen molar-refractivity contribution in [2.75, 3.05) is 13.1 Å². The normalized spacial score (nSPS) is 31.6. The number of carbonyl (C=O) groups is 1. The van der Waals surface area contributed by atoms with E-state index in [4.69, 9.17) is 5.73 Å². The summed E-state index contributed by atoms with van der Waals surface area (Å²) in [4.78, 5) is 14.2. The van der Waals surface area contributed by atoms with Gasteiger partial charge in [-0.2, -0.15) is 0 Å². The Bertz CT molecular complexity index is 251. The number of carbonyl (C=O) groups excluding carboxylic acids is 1. The van der Waals surface area contributed by atoms with Gasteiger partial charge in [0.05, 0.1) is 6.04 Å². The van der Waals surface area contributed by atoms with Crippen LogP contribution in [0.2, 0.25) is 0 Å². The number of fused-ring (bicyclic) bond motifs is 1. The van der Waals surface area contributed by atoms with Gasteiger partial charge in [0.1, 0.15) is 0 Å². The van der Waals surface area contributed by atoms with E-state index in [1.807, 2.05) is 18.7 Å². The van der Waals surface area contributed by atoms with E-state index in [2.05, 4.69) is 0 Å². The summed E-state index contributed by atoms with van der Waals surface area (Å²) in [7, 11) is 0. The first kappa shape index (κ1) is 11.9. The van der Waals surface area contributed by atoms with Crippen LogP contribution in [0.5, 0.6) is 0 Å². The lowest BCUT2D eigenvalue weighted by atomic mass is 9.82. The Balaban J connectivity index is 1.94. The van der Waals surface area contributed by atoms with Crippen LogP contribution in [0, 0.1) is 17.8 Å². The fraction of sp³-hybridized carbons (Fsp3) is 0.923. The number of rotatable bonds is 2. The number of hydrogen-bond donors (Lipinski definition) is 1. The van der Waals surface area contributed by atoms with E-state index >= 15 is 0 Å². The highest BCUT2D eigenvalue weighted by molar-refractivity contribution is 5.82. The molecule has 0 aromatic carbocycles. The highest BCUT2D eigenvalue weighted by Gasteiger charge is 2.37. The highest BCUT2D eigenvalue weighted by atomic mass is 16.2. The number of hydrogen-bond acceptors (Lipinski definition) is 2. The summed E-state index contributed by atoms with van der Waals surface area (Å²) in [5.74, 6) is 1.94. The van der Waals surface area contributed by atoms with Crippen LogP contribution < -0.4 is 5.73 Å². The zero-order chi connectivity index (χ0) is 11.7. The summed E-state index contributed by atoms with van der Waals surface area (Å²) in [6.45, 7) is 5.96. The van der Waals surface area contributed by atoms with Crippen molar-refractivity contribution >= 4 is 5.91 Å². The summed E-state index contributed by atoms with van der Waals surface area (Å²) < 4.78 is 0. The molecule has 0 aromatic heterocycles. The maximum atomic E-state index is 12.1. The SMILES string of the molecule is CC(C)[C@@H](N)C(=O)N1CC2CCCCC2C1. The predicted octanol–water partition coefficient (Wildman–Crippen LogP) is 1.62. The van der Waals surface area contributed by atoms with Gasteiger partial charge < -0.3 is 10.6 Å². The summed E-state index contributed by atoms with van der Waals surface area (Å²) in [5.41, 5.74) is 5.94. The van der Waals surface area contributed by atoms with Crippen LogP contribution in [0.1, 0.15) is 39.5 Å². The van der Waals surface area contributed by atoms with E-state index in [-0.39, 0.29) is 17.9 Å². The van der Waals surface area contributed by atoms with Crippen molar-refractivity contribution < 1.29 is 4.79 Å². The van der Waals surface area contributed by atoms with E-state index in [0.29, 0.717) is 0 Å². The van der Waals surface area contributed by atoms with Gasteiger partial charge >= 0.3 is 0 Å². The van der Waals surface area contributed by atoms with Gasteiger partial charge in [0.2, 0.25) is 5.91 Å². The van der Waals surface area contributed by atoms with Crippen molar-refractivity contribution in [3.8, 4) is 0 Å². The zero-order valence-electron chi connectivity index (χ0n) is 10.5. The van der Waals surface area contributed by atoms with Crippen molar-refractivity contribution in [3.05, 3.63) is 0 Å². The Kier molecular flexibility index (Phi) is 3.53. The second-order valence-electron chi connectivity index (χ2n) is 5.82. The molecule has 3 nitrogen and oxygen atoms in total. The van der Waals surface area contributed by atoms with Crippen LogP contribution >= 0.6 is 0 Å². The topological polar surface area (TPSA) is 46.3 Å². The van der Waals surface area contributed by atoms with Crippen molar-refractivity contribution in [2.24, 2.45) is 23.5 Å². The van der Waals surface area contributed by atoms with E-state index in [9.17, 15) is 4.79 Å². The average Bonchev–Trinajstić information content (AvgIpc) is 2.70. The van der Waals surface area contributed by atoms with E-state index < -0.39 is 0 Å². The quantitative estimate of drug-likeness (QED) is 0.774. The van der Waals surface area contributed by atoms with Crippen molar-refractivity contribution in [1.29, 1.82) is 0 Å². The number of amides is 1. The molecule has 1 aliphatic carbocycles. The summed E-state index contributed by atoms with van der Waals surface area (Å²) in [5, 5.41) is 0. The van der Waals surface area contributed by atoms with E-state index in [1.165, 1.54) is 25.7 Å². The molecule has 3 heteroatoms. The first-order chi connectivity index (χ1) is 7.59. The number of nitrogens with two attached hydrogens (primary N) is 1. The summed E-state index contributed by atoms with van der Waals surface area (Å²) in [6, 6.07) is -0.305. The van der Waals surface area contributed by atoms with Gasteiger partial charge in [-0.15, -0.1) is 0 Å².